The van der Waals surface area contributed by atoms with Gasteiger partial charge < -0.3 is 24.0 Å². The van der Waals surface area contributed by atoms with E-state index in [9.17, 15) is 0 Å². The Kier molecular flexibility index (Phi) is 8.02. The van der Waals surface area contributed by atoms with Gasteiger partial charge in [0.25, 0.3) is 0 Å². The number of nitrogens with zero attached hydrogens (tertiary/aromatic N) is 1. The van der Waals surface area contributed by atoms with Gasteiger partial charge in [-0.25, -0.2) is 4.57 Å². The van der Waals surface area contributed by atoms with Gasteiger partial charge in [-0.1, -0.05) is 19.8 Å². The fraction of sp³-hybridized carbons (Fsp3) is 0.615. The first kappa shape index (κ1) is 14.9. The van der Waals surface area contributed by atoms with Crippen molar-refractivity contribution in [3.8, 4) is 0 Å². The van der Waals surface area contributed by atoms with Gasteiger partial charge in [0.05, 0.1) is 0 Å². The molecule has 1 heterocycles. The van der Waals surface area contributed by atoms with E-state index in [1.165, 1.54) is 43.4 Å². The average Bonchev–Trinajstić information content (AvgIpc) is 2.18. The second kappa shape index (κ2) is 8.08. The Hall–Kier alpha value is -0.120. The predicted molar refractivity (Wildman–Crippen MR) is 60.3 cm³/mol. The molecule has 2 heteroatoms. The molecular weight excluding hydrogens is 297 g/mol. The molecule has 86 valence electrons. The van der Waals surface area contributed by atoms with Crippen LogP contribution in [0, 0.1) is 13.8 Å². The summed E-state index contributed by atoms with van der Waals surface area (Å²) in [6.45, 7) is 7.76. The van der Waals surface area contributed by atoms with E-state index >= 15 is 0 Å². The molecule has 0 saturated heterocycles. The molecule has 0 unspecified atom stereocenters. The molecule has 0 radical (unpaired) electrons. The Balaban J connectivity index is 0.00000196. The highest BCUT2D eigenvalue weighted by Gasteiger charge is 2.01. The van der Waals surface area contributed by atoms with Crippen LogP contribution in [0.25, 0.3) is 0 Å². The number of hydrogen-bond donors (Lipinski definition) is 0. The first-order valence-electron chi connectivity index (χ1n) is 5.70. The number of aromatic nitrogens is 1. The van der Waals surface area contributed by atoms with Crippen molar-refractivity contribution in [2.45, 2.75) is 53.0 Å². The lowest BCUT2D eigenvalue weighted by molar-refractivity contribution is -0.697. The molecule has 0 aliphatic carbocycles. The third-order valence-electron chi connectivity index (χ3n) is 2.77. The molecule has 1 aromatic rings. The fourth-order valence-electron chi connectivity index (χ4n) is 1.59. The predicted octanol–water partition coefficient (Wildman–Crippen LogP) is 0.175. The van der Waals surface area contributed by atoms with Crippen molar-refractivity contribution < 1.29 is 28.5 Å². The number of aryl methyl sites for hydroxylation is 3. The maximum atomic E-state index is 2.30. The van der Waals surface area contributed by atoms with Crippen LogP contribution >= 0.6 is 0 Å². The van der Waals surface area contributed by atoms with Crippen LogP contribution < -0.4 is 28.5 Å². The summed E-state index contributed by atoms with van der Waals surface area (Å²) >= 11 is 0. The zero-order valence-corrected chi connectivity index (χ0v) is 12.3. The minimum absolute atomic E-state index is 0. The molecule has 0 aromatic carbocycles. The van der Waals surface area contributed by atoms with E-state index in [1.54, 1.807) is 0 Å². The average molecular weight is 319 g/mol. The molecule has 15 heavy (non-hydrogen) atoms. The topological polar surface area (TPSA) is 3.88 Å². The van der Waals surface area contributed by atoms with Crippen molar-refractivity contribution in [2.24, 2.45) is 0 Å². The zero-order valence-electron chi connectivity index (χ0n) is 10.1. The van der Waals surface area contributed by atoms with Crippen LogP contribution in [0.2, 0.25) is 0 Å². The molecule has 0 N–H and O–H groups in total. The van der Waals surface area contributed by atoms with Crippen LogP contribution in [0.3, 0.4) is 0 Å². The molecule has 0 atom stereocenters. The van der Waals surface area contributed by atoms with Gasteiger partial charge in [-0.15, -0.1) is 0 Å². The highest BCUT2D eigenvalue weighted by molar-refractivity contribution is 5.16. The van der Waals surface area contributed by atoms with Crippen molar-refractivity contribution in [3.63, 3.8) is 0 Å². The highest BCUT2D eigenvalue weighted by atomic mass is 127. The van der Waals surface area contributed by atoms with E-state index in [2.05, 4.69) is 43.8 Å². The summed E-state index contributed by atoms with van der Waals surface area (Å²) in [5.74, 6) is 0. The lowest BCUT2D eigenvalue weighted by atomic mass is 10.2. The van der Waals surface area contributed by atoms with E-state index in [0.29, 0.717) is 0 Å². The van der Waals surface area contributed by atoms with Crippen molar-refractivity contribution in [1.29, 1.82) is 0 Å². The van der Waals surface area contributed by atoms with Crippen molar-refractivity contribution in [1.82, 2.24) is 0 Å². The van der Waals surface area contributed by atoms with Gasteiger partial charge in [-0.3, -0.25) is 0 Å². The standard InChI is InChI=1S/C13H22N.HI/c1-4-5-6-7-9-14-10-8-12(2)13(3)11-14;/h8,10-11H,4-7,9H2,1-3H3;1H/q+1;/p-1. The lowest BCUT2D eigenvalue weighted by Crippen LogP contribution is -3.00. The first-order chi connectivity index (χ1) is 6.74. The second-order valence-corrected chi connectivity index (χ2v) is 4.11. The number of rotatable bonds is 5. The largest absolute Gasteiger partial charge is 1.00 e. The molecule has 0 aliphatic rings. The summed E-state index contributed by atoms with van der Waals surface area (Å²) in [6, 6.07) is 2.20. The van der Waals surface area contributed by atoms with Crippen LogP contribution in [-0.2, 0) is 6.54 Å². The van der Waals surface area contributed by atoms with Crippen LogP contribution in [0.15, 0.2) is 18.5 Å². The Morgan fingerprint density at radius 2 is 1.80 bits per heavy atom. The molecule has 0 saturated carbocycles. The Bertz CT molecular complexity index is 284. The number of halogens is 1. The van der Waals surface area contributed by atoms with Gasteiger partial charge in [-0.05, 0) is 25.8 Å². The third-order valence-corrected chi connectivity index (χ3v) is 2.77. The van der Waals surface area contributed by atoms with Crippen LogP contribution in [0.1, 0.15) is 43.7 Å². The summed E-state index contributed by atoms with van der Waals surface area (Å²) in [5, 5.41) is 0. The van der Waals surface area contributed by atoms with Crippen LogP contribution in [0.4, 0.5) is 0 Å². The molecule has 1 aromatic heterocycles. The van der Waals surface area contributed by atoms with E-state index < -0.39 is 0 Å². The fourth-order valence-corrected chi connectivity index (χ4v) is 1.59. The van der Waals surface area contributed by atoms with E-state index in [4.69, 9.17) is 0 Å². The summed E-state index contributed by atoms with van der Waals surface area (Å²) in [6.07, 6.45) is 9.79. The number of unbranched alkanes of at least 4 members (excludes halogenated alkanes) is 3. The van der Waals surface area contributed by atoms with Crippen molar-refractivity contribution >= 4 is 0 Å². The SMILES string of the molecule is CCCCCC[n+]1ccc(C)c(C)c1.[I-]. The van der Waals surface area contributed by atoms with Crippen LogP contribution in [-0.4, -0.2) is 0 Å². The molecule has 0 fully saturated rings. The molecule has 0 aliphatic heterocycles. The van der Waals surface area contributed by atoms with E-state index in [-0.39, 0.29) is 24.0 Å². The Labute approximate surface area is 111 Å². The quantitative estimate of drug-likeness (QED) is 0.414. The monoisotopic (exact) mass is 319 g/mol. The number of pyridine rings is 1. The molecule has 0 amide bonds. The molecule has 1 rings (SSSR count). The van der Waals surface area contributed by atoms with Gasteiger partial charge in [0.15, 0.2) is 12.4 Å². The normalized spacial score (nSPS) is 9.80. The number of hydrogen-bond acceptors (Lipinski definition) is 0. The highest BCUT2D eigenvalue weighted by Crippen LogP contribution is 2.02. The maximum absolute atomic E-state index is 2.30. The maximum Gasteiger partial charge on any atom is 0.171 e. The summed E-state index contributed by atoms with van der Waals surface area (Å²) in [7, 11) is 0. The van der Waals surface area contributed by atoms with Crippen molar-refractivity contribution in [3.05, 3.63) is 29.6 Å². The van der Waals surface area contributed by atoms with Gasteiger partial charge in [-0.2, -0.15) is 0 Å². The lowest BCUT2D eigenvalue weighted by Gasteiger charge is -2.00. The molecule has 0 bridgehead atoms. The summed E-state index contributed by atoms with van der Waals surface area (Å²) in [4.78, 5) is 0. The first-order valence-corrected chi connectivity index (χ1v) is 5.70. The third kappa shape index (κ3) is 5.50. The zero-order chi connectivity index (χ0) is 10.4. The van der Waals surface area contributed by atoms with E-state index in [1.807, 2.05) is 0 Å². The second-order valence-electron chi connectivity index (χ2n) is 4.11. The van der Waals surface area contributed by atoms with Gasteiger partial charge in [0, 0.05) is 18.1 Å². The van der Waals surface area contributed by atoms with Crippen molar-refractivity contribution in [2.75, 3.05) is 0 Å². The minimum Gasteiger partial charge on any atom is -1.00 e. The van der Waals surface area contributed by atoms with Gasteiger partial charge in [0.2, 0.25) is 0 Å². The minimum atomic E-state index is 0. The smallest absolute Gasteiger partial charge is 0.171 e. The molecular formula is C13H22IN. The Morgan fingerprint density at radius 3 is 2.40 bits per heavy atom. The molecule has 1 nitrogen and oxygen atoms in total. The van der Waals surface area contributed by atoms with Gasteiger partial charge >= 0.3 is 0 Å². The summed E-state index contributed by atoms with van der Waals surface area (Å²) < 4.78 is 2.30. The summed E-state index contributed by atoms with van der Waals surface area (Å²) in [5.41, 5.74) is 2.78. The van der Waals surface area contributed by atoms with Gasteiger partial charge in [0.1, 0.15) is 6.54 Å². The Morgan fingerprint density at radius 1 is 1.07 bits per heavy atom. The molecule has 0 spiro atoms. The van der Waals surface area contributed by atoms with Crippen LogP contribution in [0.5, 0.6) is 0 Å². The van der Waals surface area contributed by atoms with E-state index in [0.717, 1.165) is 0 Å².